The molecule has 2 N–H and O–H groups in total. The molecule has 0 saturated heterocycles. The molecular weight excluding hydrogens is 270 g/mol. The third kappa shape index (κ3) is 4.18. The first-order valence-corrected chi connectivity index (χ1v) is 7.31. The molecule has 2 rings (SSSR count). The minimum Gasteiger partial charge on any atom is -0.480 e. The molecule has 1 amide bonds. The van der Waals surface area contributed by atoms with Crippen LogP contribution in [0.15, 0.2) is 24.0 Å². The van der Waals surface area contributed by atoms with Crippen molar-refractivity contribution in [1.29, 1.82) is 0 Å². The van der Waals surface area contributed by atoms with Crippen LogP contribution < -0.4 is 5.32 Å². The Hall–Kier alpha value is -2.11. The molecule has 0 radical (unpaired) electrons. The van der Waals surface area contributed by atoms with Gasteiger partial charge in [-0.2, -0.15) is 5.10 Å². The number of rotatable bonds is 6. The van der Waals surface area contributed by atoms with Crippen molar-refractivity contribution in [3.8, 4) is 0 Å². The van der Waals surface area contributed by atoms with Gasteiger partial charge in [0.2, 0.25) is 0 Å². The van der Waals surface area contributed by atoms with Crippen LogP contribution >= 0.6 is 0 Å². The number of carbonyl (C=O) groups excluding carboxylic acids is 1. The largest absolute Gasteiger partial charge is 0.480 e. The predicted molar refractivity (Wildman–Crippen MR) is 78.1 cm³/mol. The maximum Gasteiger partial charge on any atom is 0.328 e. The number of nitrogens with zero attached hydrogens (tertiary/aromatic N) is 2. The Bertz CT molecular complexity index is 548. The quantitative estimate of drug-likeness (QED) is 0.786. The summed E-state index contributed by atoms with van der Waals surface area (Å²) >= 11 is 0. The number of carboxylic acids is 1. The van der Waals surface area contributed by atoms with E-state index in [2.05, 4.69) is 16.5 Å². The lowest BCUT2D eigenvalue weighted by Crippen LogP contribution is -2.24. The van der Waals surface area contributed by atoms with Gasteiger partial charge in [-0.1, -0.05) is 11.6 Å². The van der Waals surface area contributed by atoms with E-state index in [0.717, 1.165) is 19.3 Å². The van der Waals surface area contributed by atoms with Gasteiger partial charge in [0.1, 0.15) is 6.04 Å². The zero-order valence-electron chi connectivity index (χ0n) is 12.2. The van der Waals surface area contributed by atoms with Crippen molar-refractivity contribution in [1.82, 2.24) is 15.1 Å². The van der Waals surface area contributed by atoms with Crippen molar-refractivity contribution in [3.05, 3.63) is 29.6 Å². The maximum atomic E-state index is 12.0. The number of hydrogen-bond donors (Lipinski definition) is 2. The van der Waals surface area contributed by atoms with E-state index in [1.54, 1.807) is 0 Å². The van der Waals surface area contributed by atoms with Crippen molar-refractivity contribution in [2.75, 3.05) is 6.54 Å². The molecule has 6 nitrogen and oxygen atoms in total. The van der Waals surface area contributed by atoms with Crippen LogP contribution in [0, 0.1) is 0 Å². The summed E-state index contributed by atoms with van der Waals surface area (Å²) in [6, 6.07) is -0.779. The Morgan fingerprint density at radius 1 is 1.48 bits per heavy atom. The van der Waals surface area contributed by atoms with Crippen LogP contribution in [-0.2, 0) is 4.79 Å². The summed E-state index contributed by atoms with van der Waals surface area (Å²) in [7, 11) is 0. The molecule has 1 aliphatic carbocycles. The molecule has 6 heteroatoms. The molecule has 0 aromatic carbocycles. The lowest BCUT2D eigenvalue weighted by atomic mass is 9.97. The fraction of sp³-hybridized carbons (Fsp3) is 0.533. The van der Waals surface area contributed by atoms with Crippen molar-refractivity contribution in [3.63, 3.8) is 0 Å². The highest BCUT2D eigenvalue weighted by Crippen LogP contribution is 2.19. The van der Waals surface area contributed by atoms with Crippen LogP contribution in [0.3, 0.4) is 0 Å². The van der Waals surface area contributed by atoms with Gasteiger partial charge in [0.25, 0.3) is 5.91 Å². The van der Waals surface area contributed by atoms with Crippen LogP contribution in [0.25, 0.3) is 0 Å². The third-order valence-electron chi connectivity index (χ3n) is 3.73. The number of carbonyl (C=O) groups is 2. The molecule has 1 aromatic rings. The first-order valence-electron chi connectivity index (χ1n) is 7.31. The number of allylic oxidation sites excluding steroid dienone is 1. The van der Waals surface area contributed by atoms with E-state index >= 15 is 0 Å². The first-order chi connectivity index (χ1) is 10.1. The molecule has 0 fully saturated rings. The third-order valence-corrected chi connectivity index (χ3v) is 3.73. The zero-order valence-corrected chi connectivity index (χ0v) is 12.2. The fourth-order valence-corrected chi connectivity index (χ4v) is 2.35. The van der Waals surface area contributed by atoms with Crippen LogP contribution in [0.1, 0.15) is 55.4 Å². The molecule has 1 unspecified atom stereocenters. The Kier molecular flexibility index (Phi) is 5.14. The molecule has 1 aliphatic rings. The molecule has 0 spiro atoms. The fourth-order valence-electron chi connectivity index (χ4n) is 2.35. The normalized spacial score (nSPS) is 16.1. The lowest BCUT2D eigenvalue weighted by Gasteiger charge is -2.12. The summed E-state index contributed by atoms with van der Waals surface area (Å²) in [5.74, 6) is -1.19. The maximum absolute atomic E-state index is 12.0. The Balaban J connectivity index is 1.83. The summed E-state index contributed by atoms with van der Waals surface area (Å²) in [4.78, 5) is 22.8. The van der Waals surface area contributed by atoms with Gasteiger partial charge in [-0.25, -0.2) is 4.79 Å². The van der Waals surface area contributed by atoms with Gasteiger partial charge >= 0.3 is 5.97 Å². The molecule has 21 heavy (non-hydrogen) atoms. The second-order valence-electron chi connectivity index (χ2n) is 5.34. The minimum atomic E-state index is -0.978. The van der Waals surface area contributed by atoms with Crippen molar-refractivity contribution in [2.24, 2.45) is 0 Å². The van der Waals surface area contributed by atoms with Crippen LogP contribution in [0.4, 0.5) is 0 Å². The van der Waals surface area contributed by atoms with Crippen molar-refractivity contribution in [2.45, 2.75) is 45.1 Å². The summed E-state index contributed by atoms with van der Waals surface area (Å²) in [6.45, 7) is 2.12. The van der Waals surface area contributed by atoms with Gasteiger partial charge in [-0.05, 0) is 39.0 Å². The smallest absolute Gasteiger partial charge is 0.328 e. The van der Waals surface area contributed by atoms with E-state index < -0.39 is 12.0 Å². The SMILES string of the molecule is CC(C(=O)O)n1cc(C(=O)NCCC2=CCCCC2)cn1. The zero-order chi connectivity index (χ0) is 15.2. The van der Waals surface area contributed by atoms with Crippen LogP contribution in [0.5, 0.6) is 0 Å². The summed E-state index contributed by atoms with van der Waals surface area (Å²) in [6.07, 6.45) is 10.8. The summed E-state index contributed by atoms with van der Waals surface area (Å²) in [5.41, 5.74) is 1.80. The van der Waals surface area contributed by atoms with E-state index in [1.807, 2.05) is 0 Å². The van der Waals surface area contributed by atoms with Gasteiger partial charge in [-0.3, -0.25) is 9.48 Å². The highest BCUT2D eigenvalue weighted by molar-refractivity contribution is 5.93. The number of amides is 1. The topological polar surface area (TPSA) is 84.2 Å². The first kappa shape index (κ1) is 15.3. The second kappa shape index (κ2) is 7.06. The summed E-state index contributed by atoms with van der Waals surface area (Å²) in [5, 5.41) is 15.7. The molecule has 0 bridgehead atoms. The molecule has 0 saturated carbocycles. The predicted octanol–water partition coefficient (Wildman–Crippen LogP) is 2.15. The van der Waals surface area contributed by atoms with E-state index in [9.17, 15) is 9.59 Å². The van der Waals surface area contributed by atoms with Crippen molar-refractivity contribution < 1.29 is 14.7 Å². The molecule has 1 atom stereocenters. The Morgan fingerprint density at radius 3 is 2.95 bits per heavy atom. The highest BCUT2D eigenvalue weighted by Gasteiger charge is 2.16. The van der Waals surface area contributed by atoms with Gasteiger partial charge in [0, 0.05) is 12.7 Å². The number of aliphatic carboxylic acids is 1. The molecule has 1 heterocycles. The monoisotopic (exact) mass is 291 g/mol. The lowest BCUT2D eigenvalue weighted by molar-refractivity contribution is -0.140. The van der Waals surface area contributed by atoms with Gasteiger partial charge in [0.15, 0.2) is 0 Å². The van der Waals surface area contributed by atoms with E-state index in [0.29, 0.717) is 12.1 Å². The van der Waals surface area contributed by atoms with Crippen molar-refractivity contribution >= 4 is 11.9 Å². The summed E-state index contributed by atoms with van der Waals surface area (Å²) < 4.78 is 1.28. The molecule has 114 valence electrons. The average molecular weight is 291 g/mol. The van der Waals surface area contributed by atoms with Crippen LogP contribution in [-0.4, -0.2) is 33.3 Å². The van der Waals surface area contributed by atoms with E-state index in [1.165, 1.54) is 42.4 Å². The minimum absolute atomic E-state index is 0.213. The standard InChI is InChI=1S/C15H21N3O3/c1-11(15(20)21)18-10-13(9-17-18)14(19)16-8-7-12-5-3-2-4-6-12/h5,9-11H,2-4,6-8H2,1H3,(H,16,19)(H,20,21). The number of nitrogens with one attached hydrogen (secondary N) is 1. The van der Waals surface area contributed by atoms with E-state index in [-0.39, 0.29) is 5.91 Å². The number of aromatic nitrogens is 2. The van der Waals surface area contributed by atoms with Gasteiger partial charge in [0.05, 0.1) is 11.8 Å². The Labute approximate surface area is 123 Å². The van der Waals surface area contributed by atoms with Crippen LogP contribution in [0.2, 0.25) is 0 Å². The second-order valence-corrected chi connectivity index (χ2v) is 5.34. The average Bonchev–Trinajstić information content (AvgIpc) is 2.97. The number of hydrogen-bond acceptors (Lipinski definition) is 3. The Morgan fingerprint density at radius 2 is 2.29 bits per heavy atom. The number of carboxylic acid groups (broad SMARTS) is 1. The molecule has 0 aliphatic heterocycles. The van der Waals surface area contributed by atoms with E-state index in [4.69, 9.17) is 5.11 Å². The molecule has 1 aromatic heterocycles. The van der Waals surface area contributed by atoms with Gasteiger partial charge in [-0.15, -0.1) is 0 Å². The highest BCUT2D eigenvalue weighted by atomic mass is 16.4. The molecular formula is C15H21N3O3. The van der Waals surface area contributed by atoms with Gasteiger partial charge < -0.3 is 10.4 Å².